The first kappa shape index (κ1) is 27.6. The number of allylic oxidation sites excluding steroid dienone is 2. The number of aliphatic hydroxyl groups is 1. The summed E-state index contributed by atoms with van der Waals surface area (Å²) >= 11 is 0. The third-order valence-corrected chi connectivity index (χ3v) is 7.45. The van der Waals surface area contributed by atoms with Gasteiger partial charge in [0.15, 0.2) is 0 Å². The average molecular weight is 519 g/mol. The van der Waals surface area contributed by atoms with Crippen LogP contribution in [0.2, 0.25) is 0 Å². The number of benzene rings is 2. The van der Waals surface area contributed by atoms with E-state index in [9.17, 15) is 19.5 Å². The highest BCUT2D eigenvalue weighted by Crippen LogP contribution is 2.26. The molecule has 7 nitrogen and oxygen atoms in total. The predicted molar refractivity (Wildman–Crippen MR) is 145 cm³/mol. The van der Waals surface area contributed by atoms with Crippen LogP contribution < -0.4 is 0 Å². The van der Waals surface area contributed by atoms with Gasteiger partial charge in [-0.15, -0.1) is 0 Å². The van der Waals surface area contributed by atoms with Crippen molar-refractivity contribution in [3.63, 3.8) is 0 Å². The Hall–Kier alpha value is -3.45. The third-order valence-electron chi connectivity index (χ3n) is 7.45. The molecule has 0 unspecified atom stereocenters. The molecule has 2 aromatic carbocycles. The number of carbonyl (C=O) groups is 3. The fourth-order valence-electron chi connectivity index (χ4n) is 5.34. The number of esters is 1. The lowest BCUT2D eigenvalue weighted by Crippen LogP contribution is -2.44. The van der Waals surface area contributed by atoms with Crippen LogP contribution in [0.25, 0.3) is 0 Å². The van der Waals surface area contributed by atoms with Crippen molar-refractivity contribution in [1.29, 1.82) is 0 Å². The summed E-state index contributed by atoms with van der Waals surface area (Å²) in [5.41, 5.74) is 2.06. The Morgan fingerprint density at radius 1 is 0.947 bits per heavy atom. The van der Waals surface area contributed by atoms with Crippen molar-refractivity contribution >= 4 is 17.8 Å². The SMILES string of the molecule is O=C1OC[C@@H]2CCCN2C(=O)[C@@H](CC(=O)N(CCO)Cc2ccccc2)CC=CC[C@@H]1Cc1ccccc1. The van der Waals surface area contributed by atoms with Crippen LogP contribution in [0.5, 0.6) is 0 Å². The molecule has 4 rings (SSSR count). The lowest BCUT2D eigenvalue weighted by molar-refractivity contribution is -0.152. The van der Waals surface area contributed by atoms with Gasteiger partial charge in [0.1, 0.15) is 6.61 Å². The van der Waals surface area contributed by atoms with Gasteiger partial charge in [-0.25, -0.2) is 0 Å². The summed E-state index contributed by atoms with van der Waals surface area (Å²) < 4.78 is 5.75. The standard InChI is InChI=1S/C31H38N2O5/c34-19-18-32(22-25-12-5-2-6-13-25)29(35)21-26-14-7-8-15-27(20-24-10-3-1-4-11-24)31(37)38-23-28-16-9-17-33(28)30(26)36/h1-8,10-13,26-28,34H,9,14-23H2/t26-,27-,28+/m1/s1. The van der Waals surface area contributed by atoms with E-state index >= 15 is 0 Å². The predicted octanol–water partition coefficient (Wildman–Crippen LogP) is 3.76. The van der Waals surface area contributed by atoms with Gasteiger partial charge in [0.05, 0.1) is 24.5 Å². The Kier molecular flexibility index (Phi) is 10.1. The summed E-state index contributed by atoms with van der Waals surface area (Å²) in [6.45, 7) is 1.26. The summed E-state index contributed by atoms with van der Waals surface area (Å²) in [6, 6.07) is 19.4. The van der Waals surface area contributed by atoms with Crippen LogP contribution in [0.15, 0.2) is 72.8 Å². The molecule has 2 aliphatic heterocycles. The van der Waals surface area contributed by atoms with Crippen molar-refractivity contribution in [1.82, 2.24) is 9.80 Å². The molecule has 2 amide bonds. The van der Waals surface area contributed by atoms with Crippen molar-refractivity contribution in [2.45, 2.75) is 51.1 Å². The number of carbonyl (C=O) groups excluding carboxylic acids is 3. The van der Waals surface area contributed by atoms with Crippen LogP contribution in [0.3, 0.4) is 0 Å². The maximum Gasteiger partial charge on any atom is 0.309 e. The number of aliphatic hydroxyl groups excluding tert-OH is 1. The second-order valence-electron chi connectivity index (χ2n) is 10.2. The highest BCUT2D eigenvalue weighted by Gasteiger charge is 2.35. The van der Waals surface area contributed by atoms with E-state index < -0.39 is 5.92 Å². The molecule has 3 atom stereocenters. The fourth-order valence-corrected chi connectivity index (χ4v) is 5.34. The molecule has 0 spiro atoms. The molecular formula is C31H38N2O5. The third kappa shape index (κ3) is 7.54. The lowest BCUT2D eigenvalue weighted by atomic mass is 9.94. The van der Waals surface area contributed by atoms with Gasteiger partial charge in [-0.3, -0.25) is 14.4 Å². The molecule has 38 heavy (non-hydrogen) atoms. The molecule has 0 aliphatic carbocycles. The van der Waals surface area contributed by atoms with Crippen LogP contribution in [0.4, 0.5) is 0 Å². The lowest BCUT2D eigenvalue weighted by Gasteiger charge is -2.30. The molecule has 2 heterocycles. The summed E-state index contributed by atoms with van der Waals surface area (Å²) in [4.78, 5) is 43.4. The molecule has 2 aliphatic rings. The Labute approximate surface area is 225 Å². The Morgan fingerprint density at radius 3 is 2.29 bits per heavy atom. The number of cyclic esters (lactones) is 1. The molecule has 1 saturated heterocycles. The van der Waals surface area contributed by atoms with Crippen molar-refractivity contribution in [3.8, 4) is 0 Å². The van der Waals surface area contributed by atoms with E-state index in [-0.39, 0.29) is 55.9 Å². The number of ether oxygens (including phenoxy) is 1. The van der Waals surface area contributed by atoms with Gasteiger partial charge in [-0.2, -0.15) is 0 Å². The van der Waals surface area contributed by atoms with Gasteiger partial charge in [0, 0.05) is 26.1 Å². The van der Waals surface area contributed by atoms with Gasteiger partial charge in [-0.05, 0) is 43.2 Å². The Balaban J connectivity index is 1.50. The highest BCUT2D eigenvalue weighted by atomic mass is 16.5. The largest absolute Gasteiger partial charge is 0.463 e. The van der Waals surface area contributed by atoms with Gasteiger partial charge < -0.3 is 19.6 Å². The summed E-state index contributed by atoms with van der Waals surface area (Å²) in [6.07, 6.45) is 7.12. The molecule has 0 aromatic heterocycles. The molecular weight excluding hydrogens is 480 g/mol. The van der Waals surface area contributed by atoms with Crippen LogP contribution in [0, 0.1) is 11.8 Å². The number of amides is 2. The van der Waals surface area contributed by atoms with Gasteiger partial charge in [-0.1, -0.05) is 72.8 Å². The van der Waals surface area contributed by atoms with Crippen molar-refractivity contribution < 1.29 is 24.2 Å². The van der Waals surface area contributed by atoms with Crippen LogP contribution in [-0.2, 0) is 32.1 Å². The summed E-state index contributed by atoms with van der Waals surface area (Å²) in [7, 11) is 0. The van der Waals surface area contributed by atoms with E-state index in [1.807, 2.05) is 72.8 Å². The average Bonchev–Trinajstić information content (AvgIpc) is 3.41. The van der Waals surface area contributed by atoms with Crippen molar-refractivity contribution in [3.05, 3.63) is 83.9 Å². The zero-order valence-electron chi connectivity index (χ0n) is 21.9. The minimum atomic E-state index is -0.501. The van der Waals surface area contributed by atoms with Crippen LogP contribution >= 0.6 is 0 Å². The Morgan fingerprint density at radius 2 is 1.61 bits per heavy atom. The van der Waals surface area contributed by atoms with E-state index in [4.69, 9.17) is 4.74 Å². The molecule has 2 aromatic rings. The van der Waals surface area contributed by atoms with Gasteiger partial charge in [0.25, 0.3) is 0 Å². The molecule has 7 heteroatoms. The monoisotopic (exact) mass is 518 g/mol. The quantitative estimate of drug-likeness (QED) is 0.425. The number of hydrogen-bond donors (Lipinski definition) is 1. The molecule has 0 radical (unpaired) electrons. The first-order valence-corrected chi connectivity index (χ1v) is 13.6. The molecule has 202 valence electrons. The second kappa shape index (κ2) is 13.9. The second-order valence-corrected chi connectivity index (χ2v) is 10.2. The highest BCUT2D eigenvalue weighted by molar-refractivity contribution is 5.86. The van der Waals surface area contributed by atoms with Gasteiger partial charge in [0.2, 0.25) is 11.8 Å². The van der Waals surface area contributed by atoms with E-state index in [2.05, 4.69) is 0 Å². The van der Waals surface area contributed by atoms with E-state index in [0.717, 1.165) is 24.0 Å². The smallest absolute Gasteiger partial charge is 0.309 e. The summed E-state index contributed by atoms with van der Waals surface area (Å²) in [5, 5.41) is 9.58. The molecule has 1 N–H and O–H groups in total. The first-order chi connectivity index (χ1) is 18.5. The van der Waals surface area contributed by atoms with Crippen molar-refractivity contribution in [2.24, 2.45) is 11.8 Å². The molecule has 1 fully saturated rings. The van der Waals surface area contributed by atoms with E-state index in [1.165, 1.54) is 0 Å². The van der Waals surface area contributed by atoms with E-state index in [1.54, 1.807) is 9.80 Å². The zero-order chi connectivity index (χ0) is 26.7. The number of nitrogens with zero attached hydrogens (tertiary/aromatic N) is 2. The van der Waals surface area contributed by atoms with E-state index in [0.29, 0.717) is 32.4 Å². The maximum atomic E-state index is 13.6. The van der Waals surface area contributed by atoms with Crippen molar-refractivity contribution in [2.75, 3.05) is 26.3 Å². The number of rotatable bonds is 8. The zero-order valence-corrected chi connectivity index (χ0v) is 21.9. The summed E-state index contributed by atoms with van der Waals surface area (Å²) in [5.74, 6) is -1.24. The normalized spacial score (nSPS) is 22.2. The van der Waals surface area contributed by atoms with Crippen LogP contribution in [-0.4, -0.2) is 65.0 Å². The fraction of sp³-hybridized carbons (Fsp3) is 0.452. The molecule has 0 bridgehead atoms. The Bertz CT molecular complexity index is 1090. The maximum absolute atomic E-state index is 13.6. The number of hydrogen-bond acceptors (Lipinski definition) is 5. The van der Waals surface area contributed by atoms with Crippen LogP contribution in [0.1, 0.15) is 43.2 Å². The van der Waals surface area contributed by atoms with Gasteiger partial charge >= 0.3 is 5.97 Å². The minimum Gasteiger partial charge on any atom is -0.463 e. The first-order valence-electron chi connectivity index (χ1n) is 13.6. The minimum absolute atomic E-state index is 0.0633. The topological polar surface area (TPSA) is 87.2 Å². The number of fused-ring (bicyclic) bond motifs is 1. The molecule has 0 saturated carbocycles.